The molecule has 22 heavy (non-hydrogen) atoms. The van der Waals surface area contributed by atoms with Crippen LogP contribution in [0, 0.1) is 10.1 Å². The van der Waals surface area contributed by atoms with Gasteiger partial charge in [-0.2, -0.15) is 0 Å². The molecule has 2 amide bonds. The van der Waals surface area contributed by atoms with E-state index in [4.69, 9.17) is 5.73 Å². The molecule has 1 rings (SSSR count). The lowest BCUT2D eigenvalue weighted by molar-refractivity contribution is -0.384. The van der Waals surface area contributed by atoms with E-state index in [9.17, 15) is 19.7 Å². The molecule has 8 nitrogen and oxygen atoms in total. The second-order valence-corrected chi connectivity index (χ2v) is 4.71. The van der Waals surface area contributed by atoms with Gasteiger partial charge in [0.15, 0.2) is 0 Å². The first-order valence-corrected chi connectivity index (χ1v) is 6.99. The first-order chi connectivity index (χ1) is 10.5. The van der Waals surface area contributed by atoms with Gasteiger partial charge in [-0.25, -0.2) is 0 Å². The van der Waals surface area contributed by atoms with E-state index < -0.39 is 4.92 Å². The summed E-state index contributed by atoms with van der Waals surface area (Å²) in [7, 11) is 0. The highest BCUT2D eigenvalue weighted by molar-refractivity contribution is 5.85. The van der Waals surface area contributed by atoms with Crippen LogP contribution in [0.4, 0.5) is 5.69 Å². The highest BCUT2D eigenvalue weighted by atomic mass is 16.6. The number of nitro groups is 1. The summed E-state index contributed by atoms with van der Waals surface area (Å²) in [4.78, 5) is 32.3. The summed E-state index contributed by atoms with van der Waals surface area (Å²) in [6.45, 7) is 0.311. The van der Waals surface area contributed by atoms with Crippen LogP contribution >= 0.6 is 0 Å². The van der Waals surface area contributed by atoms with Gasteiger partial charge in [0, 0.05) is 18.7 Å². The maximum Gasteiger partial charge on any atom is 0.269 e. The van der Waals surface area contributed by atoms with E-state index in [0.717, 1.165) is 24.8 Å². The zero-order valence-corrected chi connectivity index (χ0v) is 12.2. The number of hydrogen-bond donors (Lipinski definition) is 3. The van der Waals surface area contributed by atoms with Crippen molar-refractivity contribution >= 4 is 17.5 Å². The van der Waals surface area contributed by atoms with Crippen molar-refractivity contribution in [2.75, 3.05) is 19.6 Å². The van der Waals surface area contributed by atoms with E-state index in [2.05, 4.69) is 10.6 Å². The molecular weight excluding hydrogens is 288 g/mol. The number of nitrogens with two attached hydrogens (primary N) is 1. The third-order valence-corrected chi connectivity index (χ3v) is 2.99. The molecule has 0 atom stereocenters. The average molecular weight is 308 g/mol. The first kappa shape index (κ1) is 17.6. The Morgan fingerprint density at radius 3 is 2.36 bits per heavy atom. The quantitative estimate of drug-likeness (QED) is 0.339. The molecule has 0 fully saturated rings. The zero-order valence-electron chi connectivity index (χ0n) is 12.2. The lowest BCUT2D eigenvalue weighted by atomic mass is 10.1. The van der Waals surface area contributed by atoms with Crippen LogP contribution in [0.5, 0.6) is 0 Å². The monoisotopic (exact) mass is 308 g/mol. The number of unbranched alkanes of at least 4 members (excludes halogenated alkanes) is 1. The topological polar surface area (TPSA) is 127 Å². The van der Waals surface area contributed by atoms with Gasteiger partial charge in [0.1, 0.15) is 0 Å². The molecule has 0 unspecified atom stereocenters. The summed E-state index contributed by atoms with van der Waals surface area (Å²) >= 11 is 0. The maximum absolute atomic E-state index is 11.4. The second kappa shape index (κ2) is 9.46. The Morgan fingerprint density at radius 1 is 1.09 bits per heavy atom. The van der Waals surface area contributed by atoms with Crippen LogP contribution in [-0.2, 0) is 16.0 Å². The molecule has 0 aliphatic carbocycles. The summed E-state index contributed by atoms with van der Waals surface area (Å²) < 4.78 is 0. The Morgan fingerprint density at radius 2 is 1.77 bits per heavy atom. The van der Waals surface area contributed by atoms with E-state index in [1.165, 1.54) is 12.1 Å². The maximum atomic E-state index is 11.4. The summed E-state index contributed by atoms with van der Waals surface area (Å²) in [5, 5.41) is 15.6. The summed E-state index contributed by atoms with van der Waals surface area (Å²) in [5.41, 5.74) is 6.20. The van der Waals surface area contributed by atoms with Crippen molar-refractivity contribution in [1.29, 1.82) is 0 Å². The van der Waals surface area contributed by atoms with Gasteiger partial charge in [0.05, 0.1) is 18.0 Å². The Balaban J connectivity index is 2.13. The standard InChI is InChI=1S/C14H20N4O4/c15-9-13(19)17-10-14(20)16-8-2-1-3-11-4-6-12(7-5-11)18(21)22/h4-7H,1-3,8-10,15H2,(H,16,20)(H,17,19). The number of nitrogens with zero attached hydrogens (tertiary/aromatic N) is 1. The number of hydrogen-bond acceptors (Lipinski definition) is 5. The van der Waals surface area contributed by atoms with Gasteiger partial charge in [0.2, 0.25) is 11.8 Å². The van der Waals surface area contributed by atoms with E-state index in [0.29, 0.717) is 6.54 Å². The third-order valence-electron chi connectivity index (χ3n) is 2.99. The van der Waals surface area contributed by atoms with Gasteiger partial charge in [0.25, 0.3) is 5.69 Å². The van der Waals surface area contributed by atoms with Crippen LogP contribution in [0.25, 0.3) is 0 Å². The fourth-order valence-electron chi connectivity index (χ4n) is 1.78. The van der Waals surface area contributed by atoms with Crippen LogP contribution in [-0.4, -0.2) is 36.4 Å². The molecule has 120 valence electrons. The minimum atomic E-state index is -0.428. The fourth-order valence-corrected chi connectivity index (χ4v) is 1.78. The predicted molar refractivity (Wildman–Crippen MR) is 81.1 cm³/mol. The van der Waals surface area contributed by atoms with Crippen LogP contribution in [0.1, 0.15) is 18.4 Å². The fraction of sp³-hybridized carbons (Fsp3) is 0.429. The van der Waals surface area contributed by atoms with Gasteiger partial charge in [-0.3, -0.25) is 19.7 Å². The van der Waals surface area contributed by atoms with Crippen LogP contribution in [0.3, 0.4) is 0 Å². The van der Waals surface area contributed by atoms with E-state index in [-0.39, 0.29) is 30.6 Å². The van der Waals surface area contributed by atoms with Crippen LogP contribution in [0.15, 0.2) is 24.3 Å². The predicted octanol–water partition coefficient (Wildman–Crippen LogP) is 0.109. The molecule has 0 radical (unpaired) electrons. The Labute approximate surface area is 128 Å². The smallest absolute Gasteiger partial charge is 0.269 e. The van der Waals surface area contributed by atoms with E-state index >= 15 is 0 Å². The third kappa shape index (κ3) is 6.80. The van der Waals surface area contributed by atoms with Crippen molar-refractivity contribution in [3.05, 3.63) is 39.9 Å². The molecule has 0 saturated heterocycles. The van der Waals surface area contributed by atoms with Crippen LogP contribution in [0.2, 0.25) is 0 Å². The molecular formula is C14H20N4O4. The molecule has 0 spiro atoms. The SMILES string of the molecule is NCC(=O)NCC(=O)NCCCCc1ccc([N+](=O)[O-])cc1. The first-order valence-electron chi connectivity index (χ1n) is 6.99. The molecule has 0 saturated carbocycles. The number of carbonyl (C=O) groups excluding carboxylic acids is 2. The number of rotatable bonds is 9. The minimum absolute atomic E-state index is 0.0710. The van der Waals surface area contributed by atoms with Crippen molar-refractivity contribution < 1.29 is 14.5 Å². The lowest BCUT2D eigenvalue weighted by Gasteiger charge is -2.06. The van der Waals surface area contributed by atoms with Crippen molar-refractivity contribution in [2.24, 2.45) is 5.73 Å². The average Bonchev–Trinajstić information content (AvgIpc) is 2.52. The molecule has 0 aromatic heterocycles. The Hall–Kier alpha value is -2.48. The number of aryl methyl sites for hydroxylation is 1. The summed E-state index contributed by atoms with van der Waals surface area (Å²) in [6.07, 6.45) is 2.43. The van der Waals surface area contributed by atoms with Gasteiger partial charge >= 0.3 is 0 Å². The molecule has 0 aliphatic heterocycles. The highest BCUT2D eigenvalue weighted by Gasteiger charge is 2.04. The summed E-state index contributed by atoms with van der Waals surface area (Å²) in [5.74, 6) is -0.620. The van der Waals surface area contributed by atoms with Gasteiger partial charge in [-0.1, -0.05) is 12.1 Å². The normalized spacial score (nSPS) is 10.0. The van der Waals surface area contributed by atoms with Gasteiger partial charge in [-0.05, 0) is 24.8 Å². The van der Waals surface area contributed by atoms with Gasteiger partial charge in [-0.15, -0.1) is 0 Å². The van der Waals surface area contributed by atoms with E-state index in [1.807, 2.05) is 0 Å². The van der Waals surface area contributed by atoms with Crippen molar-refractivity contribution in [3.63, 3.8) is 0 Å². The Bertz CT molecular complexity index is 516. The number of carbonyl (C=O) groups is 2. The molecule has 0 bridgehead atoms. The minimum Gasteiger partial charge on any atom is -0.355 e. The van der Waals surface area contributed by atoms with Gasteiger partial charge < -0.3 is 16.4 Å². The molecule has 0 aliphatic rings. The largest absolute Gasteiger partial charge is 0.355 e. The van der Waals surface area contributed by atoms with Crippen molar-refractivity contribution in [3.8, 4) is 0 Å². The molecule has 1 aromatic carbocycles. The summed E-state index contributed by atoms with van der Waals surface area (Å²) in [6, 6.07) is 6.44. The Kier molecular flexibility index (Phi) is 7.55. The number of amides is 2. The molecule has 8 heteroatoms. The van der Waals surface area contributed by atoms with Crippen molar-refractivity contribution in [1.82, 2.24) is 10.6 Å². The van der Waals surface area contributed by atoms with Crippen molar-refractivity contribution in [2.45, 2.75) is 19.3 Å². The number of benzene rings is 1. The van der Waals surface area contributed by atoms with E-state index in [1.54, 1.807) is 12.1 Å². The zero-order chi connectivity index (χ0) is 16.4. The lowest BCUT2D eigenvalue weighted by Crippen LogP contribution is -2.39. The number of non-ortho nitro benzene ring substituents is 1. The number of nitro benzene ring substituents is 1. The highest BCUT2D eigenvalue weighted by Crippen LogP contribution is 2.13. The second-order valence-electron chi connectivity index (χ2n) is 4.71. The molecule has 1 aromatic rings. The molecule has 4 N–H and O–H groups in total. The number of nitrogens with one attached hydrogen (secondary N) is 2. The molecule has 0 heterocycles. The van der Waals surface area contributed by atoms with Crippen LogP contribution < -0.4 is 16.4 Å².